The summed E-state index contributed by atoms with van der Waals surface area (Å²) in [5.74, 6) is 0. The predicted octanol–water partition coefficient (Wildman–Crippen LogP) is 7.23. The Balaban J connectivity index is 1.99. The highest BCUT2D eigenvalue weighted by Gasteiger charge is 2.09. The van der Waals surface area contributed by atoms with Gasteiger partial charge in [0, 0.05) is 9.37 Å². The minimum atomic E-state index is 0.999. The Morgan fingerprint density at radius 2 is 1.12 bits per heavy atom. The third-order valence-corrected chi connectivity index (χ3v) is 5.19. The SMILES string of the molecule is Sc1ccccc1-c1cccc2c(-c3ccc(Br)cc3)cccc12. The van der Waals surface area contributed by atoms with Crippen LogP contribution in [0.25, 0.3) is 33.0 Å². The first-order valence-corrected chi connectivity index (χ1v) is 9.04. The molecule has 4 aromatic rings. The molecule has 0 saturated carbocycles. The fourth-order valence-corrected chi connectivity index (χ4v) is 3.67. The zero-order chi connectivity index (χ0) is 16.5. The molecule has 0 radical (unpaired) electrons. The molecular formula is C22H15BrS. The number of thiol groups is 1. The average molecular weight is 391 g/mol. The van der Waals surface area contributed by atoms with Crippen LogP contribution in [0.15, 0.2) is 94.3 Å². The Hall–Kier alpha value is -2.03. The van der Waals surface area contributed by atoms with E-state index >= 15 is 0 Å². The summed E-state index contributed by atoms with van der Waals surface area (Å²) in [6.07, 6.45) is 0. The summed E-state index contributed by atoms with van der Waals surface area (Å²) in [6.45, 7) is 0. The van der Waals surface area contributed by atoms with E-state index in [1.165, 1.54) is 33.0 Å². The lowest BCUT2D eigenvalue weighted by Crippen LogP contribution is -1.86. The molecule has 0 amide bonds. The first kappa shape index (κ1) is 15.5. The van der Waals surface area contributed by atoms with Gasteiger partial charge in [0.15, 0.2) is 0 Å². The van der Waals surface area contributed by atoms with Crippen LogP contribution in [0, 0.1) is 0 Å². The van der Waals surface area contributed by atoms with Crippen LogP contribution in [0.3, 0.4) is 0 Å². The normalized spacial score (nSPS) is 10.9. The number of benzene rings is 4. The molecule has 0 heterocycles. The second-order valence-corrected chi connectivity index (χ2v) is 7.13. The molecule has 24 heavy (non-hydrogen) atoms. The molecule has 0 nitrogen and oxygen atoms in total. The number of hydrogen-bond donors (Lipinski definition) is 1. The summed E-state index contributed by atoms with van der Waals surface area (Å²) in [6, 6.07) is 29.7. The van der Waals surface area contributed by atoms with Crippen LogP contribution in [0.4, 0.5) is 0 Å². The maximum atomic E-state index is 4.64. The van der Waals surface area contributed by atoms with Crippen molar-refractivity contribution in [2.24, 2.45) is 0 Å². The molecule has 0 bridgehead atoms. The molecule has 4 rings (SSSR count). The molecule has 0 aliphatic heterocycles. The predicted molar refractivity (Wildman–Crippen MR) is 110 cm³/mol. The summed E-state index contributed by atoms with van der Waals surface area (Å²) in [4.78, 5) is 0.999. The highest BCUT2D eigenvalue weighted by Crippen LogP contribution is 2.36. The lowest BCUT2D eigenvalue weighted by atomic mass is 9.93. The molecule has 0 spiro atoms. The van der Waals surface area contributed by atoms with Gasteiger partial charge in [0.05, 0.1) is 0 Å². The smallest absolute Gasteiger partial charge is 0.0175 e. The molecular weight excluding hydrogens is 376 g/mol. The minimum Gasteiger partial charge on any atom is -0.143 e. The molecule has 116 valence electrons. The van der Waals surface area contributed by atoms with Gasteiger partial charge in [0.1, 0.15) is 0 Å². The van der Waals surface area contributed by atoms with E-state index in [0.29, 0.717) is 0 Å². The fourth-order valence-electron chi connectivity index (χ4n) is 3.13. The summed E-state index contributed by atoms with van der Waals surface area (Å²) in [5.41, 5.74) is 4.86. The Bertz CT molecular complexity index is 1020. The van der Waals surface area contributed by atoms with Crippen molar-refractivity contribution in [3.05, 3.63) is 89.4 Å². The van der Waals surface area contributed by atoms with Crippen LogP contribution in [-0.2, 0) is 0 Å². The second-order valence-electron chi connectivity index (χ2n) is 5.73. The van der Waals surface area contributed by atoms with Crippen LogP contribution in [0.5, 0.6) is 0 Å². The molecule has 2 heteroatoms. The van der Waals surface area contributed by atoms with E-state index in [9.17, 15) is 0 Å². The Morgan fingerprint density at radius 3 is 1.83 bits per heavy atom. The first-order chi connectivity index (χ1) is 11.7. The van der Waals surface area contributed by atoms with Gasteiger partial charge in [-0.2, -0.15) is 0 Å². The van der Waals surface area contributed by atoms with E-state index in [1.807, 2.05) is 12.1 Å². The summed E-state index contributed by atoms with van der Waals surface area (Å²) in [5, 5.41) is 2.51. The van der Waals surface area contributed by atoms with Gasteiger partial charge >= 0.3 is 0 Å². The van der Waals surface area contributed by atoms with Crippen molar-refractivity contribution in [2.45, 2.75) is 4.90 Å². The van der Waals surface area contributed by atoms with Gasteiger partial charge in [-0.3, -0.25) is 0 Å². The standard InChI is InChI=1S/C22H15BrS/c23-16-13-11-15(12-14-16)17-6-3-8-19-18(17)7-4-9-20(19)21-5-1-2-10-22(21)24/h1-14,24H. The maximum absolute atomic E-state index is 4.64. The summed E-state index contributed by atoms with van der Waals surface area (Å²) < 4.78 is 1.09. The van der Waals surface area contributed by atoms with E-state index in [-0.39, 0.29) is 0 Å². The summed E-state index contributed by atoms with van der Waals surface area (Å²) in [7, 11) is 0. The van der Waals surface area contributed by atoms with Gasteiger partial charge in [0.25, 0.3) is 0 Å². The average Bonchev–Trinajstić information content (AvgIpc) is 2.62. The van der Waals surface area contributed by atoms with Crippen LogP contribution in [0.2, 0.25) is 0 Å². The van der Waals surface area contributed by atoms with Gasteiger partial charge < -0.3 is 0 Å². The number of fused-ring (bicyclic) bond motifs is 1. The monoisotopic (exact) mass is 390 g/mol. The summed E-state index contributed by atoms with van der Waals surface area (Å²) >= 11 is 8.15. The molecule has 4 aromatic carbocycles. The van der Waals surface area contributed by atoms with Crippen LogP contribution in [0.1, 0.15) is 0 Å². The highest BCUT2D eigenvalue weighted by atomic mass is 79.9. The quantitative estimate of drug-likeness (QED) is 0.343. The topological polar surface area (TPSA) is 0 Å². The molecule has 0 atom stereocenters. The number of halogens is 1. The van der Waals surface area contributed by atoms with Crippen LogP contribution >= 0.6 is 28.6 Å². The fraction of sp³-hybridized carbons (Fsp3) is 0. The molecule has 0 N–H and O–H groups in total. The van der Waals surface area contributed by atoms with Gasteiger partial charge in [0.2, 0.25) is 0 Å². The molecule has 0 unspecified atom stereocenters. The van der Waals surface area contributed by atoms with E-state index in [0.717, 1.165) is 9.37 Å². The van der Waals surface area contributed by atoms with Gasteiger partial charge in [-0.15, -0.1) is 12.6 Å². The van der Waals surface area contributed by atoms with Gasteiger partial charge in [-0.25, -0.2) is 0 Å². The molecule has 0 fully saturated rings. The zero-order valence-corrected chi connectivity index (χ0v) is 15.4. The van der Waals surface area contributed by atoms with Gasteiger partial charge in [-0.1, -0.05) is 82.7 Å². The van der Waals surface area contributed by atoms with Crippen molar-refractivity contribution >= 4 is 39.3 Å². The van der Waals surface area contributed by atoms with Crippen molar-refractivity contribution in [3.8, 4) is 22.3 Å². The molecule has 0 aliphatic carbocycles. The van der Waals surface area contributed by atoms with Crippen molar-refractivity contribution in [2.75, 3.05) is 0 Å². The van der Waals surface area contributed by atoms with Crippen LogP contribution in [-0.4, -0.2) is 0 Å². The van der Waals surface area contributed by atoms with Crippen molar-refractivity contribution in [1.29, 1.82) is 0 Å². The van der Waals surface area contributed by atoms with Crippen molar-refractivity contribution in [3.63, 3.8) is 0 Å². The molecule has 0 aliphatic rings. The lowest BCUT2D eigenvalue weighted by Gasteiger charge is -2.12. The van der Waals surface area contributed by atoms with Crippen molar-refractivity contribution < 1.29 is 0 Å². The Labute approximate surface area is 155 Å². The zero-order valence-electron chi connectivity index (χ0n) is 12.9. The Morgan fingerprint density at radius 1 is 0.542 bits per heavy atom. The van der Waals surface area contributed by atoms with E-state index in [2.05, 4.69) is 101 Å². The maximum Gasteiger partial charge on any atom is 0.0175 e. The third kappa shape index (κ3) is 2.77. The van der Waals surface area contributed by atoms with Crippen molar-refractivity contribution in [1.82, 2.24) is 0 Å². The van der Waals surface area contributed by atoms with Gasteiger partial charge in [-0.05, 0) is 51.2 Å². The van der Waals surface area contributed by atoms with E-state index in [1.54, 1.807) is 0 Å². The van der Waals surface area contributed by atoms with E-state index < -0.39 is 0 Å². The molecule has 0 saturated heterocycles. The molecule has 0 aromatic heterocycles. The van der Waals surface area contributed by atoms with E-state index in [4.69, 9.17) is 0 Å². The highest BCUT2D eigenvalue weighted by molar-refractivity contribution is 9.10. The minimum absolute atomic E-state index is 0.999. The number of hydrogen-bond acceptors (Lipinski definition) is 1. The third-order valence-electron chi connectivity index (χ3n) is 4.27. The largest absolute Gasteiger partial charge is 0.143 e. The Kier molecular flexibility index (Phi) is 4.17. The first-order valence-electron chi connectivity index (χ1n) is 7.80. The van der Waals surface area contributed by atoms with Crippen LogP contribution < -0.4 is 0 Å². The lowest BCUT2D eigenvalue weighted by molar-refractivity contribution is 1.47. The second kappa shape index (κ2) is 6.46. The number of rotatable bonds is 2.